The van der Waals surface area contributed by atoms with Crippen molar-refractivity contribution in [1.82, 2.24) is 19.6 Å². The van der Waals surface area contributed by atoms with Crippen LogP contribution in [0.15, 0.2) is 0 Å². The van der Waals surface area contributed by atoms with Gasteiger partial charge in [0.2, 0.25) is 0 Å². The van der Waals surface area contributed by atoms with Crippen LogP contribution in [0.1, 0.15) is 55.4 Å². The zero-order valence-corrected chi connectivity index (χ0v) is 30.0. The van der Waals surface area contributed by atoms with Crippen LogP contribution in [-0.2, 0) is 0 Å². The summed E-state index contributed by atoms with van der Waals surface area (Å²) < 4.78 is 3.72. The Morgan fingerprint density at radius 2 is 0.576 bits per heavy atom. The molecule has 33 heavy (non-hydrogen) atoms. The summed E-state index contributed by atoms with van der Waals surface area (Å²) in [7, 11) is 7.37. The van der Waals surface area contributed by atoms with Crippen LogP contribution in [0.5, 0.6) is 0 Å². The maximum absolute atomic E-state index is 5.97. The molecule has 0 heterocycles. The fourth-order valence-corrected chi connectivity index (χ4v) is 55.6. The molecule has 0 N–H and O–H groups in total. The SMILES string of the molecule is CCN(CC)C(=S)S[Te](SC(=S)N(CC)CC)(SC(=S)N(CC)CC)SC(=S)N(CC)CC. The Morgan fingerprint density at radius 3 is 0.697 bits per heavy atom. The minimum absolute atomic E-state index is 0.891. The number of thiocarbonyl (C=S) groups is 4. The molecular weight excluding hydrogens is 680 g/mol. The molecule has 0 saturated carbocycles. The first-order chi connectivity index (χ1) is 15.6. The Balaban J connectivity index is 6.44. The van der Waals surface area contributed by atoms with Gasteiger partial charge in [0.05, 0.1) is 0 Å². The van der Waals surface area contributed by atoms with Crippen molar-refractivity contribution in [2.75, 3.05) is 52.4 Å². The van der Waals surface area contributed by atoms with Crippen LogP contribution in [0.4, 0.5) is 0 Å². The van der Waals surface area contributed by atoms with Crippen molar-refractivity contribution in [3.8, 4) is 0 Å². The van der Waals surface area contributed by atoms with E-state index in [9.17, 15) is 0 Å². The molecule has 0 unspecified atom stereocenters. The molecule has 0 bridgehead atoms. The summed E-state index contributed by atoms with van der Waals surface area (Å²) in [5, 5.41) is 0. The van der Waals surface area contributed by atoms with Crippen molar-refractivity contribution in [3.05, 3.63) is 0 Å². The molecule has 0 aromatic heterocycles. The number of hydrogen-bond donors (Lipinski definition) is 0. The molecule has 0 aromatic carbocycles. The van der Waals surface area contributed by atoms with Gasteiger partial charge in [-0.25, -0.2) is 0 Å². The molecular formula is C20H40N4S8Te. The van der Waals surface area contributed by atoms with E-state index in [1.807, 2.05) is 36.0 Å². The van der Waals surface area contributed by atoms with Gasteiger partial charge >= 0.3 is 242 Å². The average molecular weight is 721 g/mol. The van der Waals surface area contributed by atoms with Gasteiger partial charge in [0.25, 0.3) is 0 Å². The van der Waals surface area contributed by atoms with Gasteiger partial charge < -0.3 is 0 Å². The van der Waals surface area contributed by atoms with Crippen LogP contribution in [-0.4, -0.2) is 102 Å². The maximum atomic E-state index is 5.97. The van der Waals surface area contributed by atoms with Crippen molar-refractivity contribution >= 4 is 115 Å². The van der Waals surface area contributed by atoms with E-state index in [4.69, 9.17) is 48.9 Å². The van der Waals surface area contributed by atoms with Crippen molar-refractivity contribution < 1.29 is 0 Å². The second-order valence-electron chi connectivity index (χ2n) is 6.49. The van der Waals surface area contributed by atoms with Crippen molar-refractivity contribution in [2.24, 2.45) is 0 Å². The van der Waals surface area contributed by atoms with Crippen LogP contribution in [0.3, 0.4) is 0 Å². The van der Waals surface area contributed by atoms with E-state index in [0.717, 1.165) is 69.6 Å². The van der Waals surface area contributed by atoms with Crippen molar-refractivity contribution in [2.45, 2.75) is 55.4 Å². The summed E-state index contributed by atoms with van der Waals surface area (Å²) in [5.74, 6) is 0. The fourth-order valence-electron chi connectivity index (χ4n) is 2.59. The Hall–Kier alpha value is 1.75. The average Bonchev–Trinajstić information content (AvgIpc) is 2.76. The van der Waals surface area contributed by atoms with Gasteiger partial charge in [0.1, 0.15) is 0 Å². The molecule has 0 rings (SSSR count). The van der Waals surface area contributed by atoms with E-state index in [0.29, 0.717) is 0 Å². The summed E-state index contributed by atoms with van der Waals surface area (Å²) >= 11 is 20.7. The van der Waals surface area contributed by atoms with Crippen LogP contribution in [0.2, 0.25) is 0 Å². The second-order valence-corrected chi connectivity index (χ2v) is 41.2. The standard InChI is InChI=1S/C20H40N4S8Te/c1-9-21(10-2)17(25)29-33(30-18(26)22(11-3)12-4,31-19(27)23(13-5)14-6)32-20(28)24(15-7)16-8/h9-16H2,1-8H3. The Kier molecular flexibility index (Phi) is 19.9. The minimum atomic E-state index is -3.21. The molecule has 0 aliphatic heterocycles. The van der Waals surface area contributed by atoms with Gasteiger partial charge in [-0.05, 0) is 0 Å². The second kappa shape index (κ2) is 18.9. The van der Waals surface area contributed by atoms with Gasteiger partial charge in [-0.1, -0.05) is 0 Å². The predicted octanol–water partition coefficient (Wildman–Crippen LogP) is 6.86. The fraction of sp³-hybridized carbons (Fsp3) is 0.800. The van der Waals surface area contributed by atoms with Crippen LogP contribution < -0.4 is 0 Å². The van der Waals surface area contributed by atoms with E-state index in [1.54, 1.807) is 0 Å². The molecule has 194 valence electrons. The Bertz CT molecular complexity index is 526. The van der Waals surface area contributed by atoms with E-state index < -0.39 is 12.7 Å². The van der Waals surface area contributed by atoms with Crippen molar-refractivity contribution in [1.29, 1.82) is 0 Å². The van der Waals surface area contributed by atoms with Gasteiger partial charge in [-0.15, -0.1) is 0 Å². The van der Waals surface area contributed by atoms with Crippen LogP contribution in [0, 0.1) is 0 Å². The topological polar surface area (TPSA) is 13.0 Å². The van der Waals surface area contributed by atoms with Gasteiger partial charge in [0, 0.05) is 0 Å². The molecule has 0 aromatic rings. The van der Waals surface area contributed by atoms with Gasteiger partial charge in [-0.2, -0.15) is 0 Å². The Labute approximate surface area is 239 Å². The normalized spacial score (nSPS) is 11.6. The quantitative estimate of drug-likeness (QED) is 0.155. The summed E-state index contributed by atoms with van der Waals surface area (Å²) in [6, 6.07) is 0. The first-order valence-corrected chi connectivity index (χ1v) is 27.4. The summed E-state index contributed by atoms with van der Waals surface area (Å²) in [5.41, 5.74) is 0. The molecule has 0 atom stereocenters. The van der Waals surface area contributed by atoms with Gasteiger partial charge in [-0.3, -0.25) is 0 Å². The zero-order chi connectivity index (χ0) is 25.6. The molecule has 13 heteroatoms. The summed E-state index contributed by atoms with van der Waals surface area (Å²) in [4.78, 5) is 9.01. The molecule has 0 fully saturated rings. The molecule has 0 radical (unpaired) electrons. The Morgan fingerprint density at radius 1 is 0.424 bits per heavy atom. The van der Waals surface area contributed by atoms with Crippen LogP contribution >= 0.6 is 84.8 Å². The monoisotopic (exact) mass is 722 g/mol. The molecule has 0 aliphatic carbocycles. The number of nitrogens with zero attached hydrogens (tertiary/aromatic N) is 4. The molecule has 0 saturated heterocycles. The number of hydrogen-bond acceptors (Lipinski definition) is 8. The molecule has 0 aliphatic rings. The van der Waals surface area contributed by atoms with E-state index >= 15 is 0 Å². The third kappa shape index (κ3) is 11.8. The first kappa shape index (κ1) is 34.7. The third-order valence-electron chi connectivity index (χ3n) is 4.78. The van der Waals surface area contributed by atoms with Gasteiger partial charge in [0.15, 0.2) is 0 Å². The zero-order valence-electron chi connectivity index (χ0n) is 21.1. The predicted molar refractivity (Wildman–Crippen MR) is 178 cm³/mol. The van der Waals surface area contributed by atoms with E-state index in [2.05, 4.69) is 75.0 Å². The molecule has 0 amide bonds. The van der Waals surface area contributed by atoms with E-state index in [1.165, 1.54) is 0 Å². The van der Waals surface area contributed by atoms with Crippen molar-refractivity contribution in [3.63, 3.8) is 0 Å². The first-order valence-electron chi connectivity index (χ1n) is 11.4. The third-order valence-corrected chi connectivity index (χ3v) is 42.0. The number of rotatable bonds is 12. The summed E-state index contributed by atoms with van der Waals surface area (Å²) in [6.07, 6.45) is 0. The van der Waals surface area contributed by atoms with E-state index in [-0.39, 0.29) is 0 Å². The summed E-state index contributed by atoms with van der Waals surface area (Å²) in [6.45, 7) is 24.4. The molecule has 4 nitrogen and oxygen atoms in total. The molecule has 0 spiro atoms. The van der Waals surface area contributed by atoms with Crippen LogP contribution in [0.25, 0.3) is 0 Å².